The number of carbonyl (C=O) groups is 1. The van der Waals surface area contributed by atoms with Gasteiger partial charge in [-0.15, -0.1) is 0 Å². The third-order valence-electron chi connectivity index (χ3n) is 5.20. The van der Waals surface area contributed by atoms with Crippen molar-refractivity contribution < 1.29 is 13.2 Å². The highest BCUT2D eigenvalue weighted by molar-refractivity contribution is 7.92. The molecular weight excluding hydrogens is 444 g/mol. The summed E-state index contributed by atoms with van der Waals surface area (Å²) in [5.41, 5.74) is 3.44. The van der Waals surface area contributed by atoms with Gasteiger partial charge in [0.15, 0.2) is 0 Å². The molecule has 7 heteroatoms. The molecule has 1 N–H and O–H groups in total. The standard InChI is InChI=1S/C25H27ClN2O3S/c1-4-24(20-10-8-18(2)9-11-20)27-25(29)17-28(22-7-5-6-19(3)16-22)32(30,31)23-14-12-21(26)13-15-23/h5-16,24H,4,17H2,1-3H3,(H,27,29)/t24-/m1/s1. The maximum Gasteiger partial charge on any atom is 0.264 e. The zero-order chi connectivity index (χ0) is 23.3. The molecule has 0 unspecified atom stereocenters. The molecule has 32 heavy (non-hydrogen) atoms. The van der Waals surface area contributed by atoms with E-state index < -0.39 is 10.0 Å². The van der Waals surface area contributed by atoms with Gasteiger partial charge in [0.2, 0.25) is 5.91 Å². The average molecular weight is 471 g/mol. The molecule has 168 valence electrons. The van der Waals surface area contributed by atoms with Crippen molar-refractivity contribution in [3.05, 3.63) is 94.5 Å². The second-order valence-corrected chi connectivity index (χ2v) is 10.0. The fourth-order valence-electron chi connectivity index (χ4n) is 3.42. The van der Waals surface area contributed by atoms with Crippen LogP contribution in [0.1, 0.15) is 36.1 Å². The number of hydrogen-bond acceptors (Lipinski definition) is 3. The minimum Gasteiger partial charge on any atom is -0.348 e. The summed E-state index contributed by atoms with van der Waals surface area (Å²) in [5.74, 6) is -0.378. The van der Waals surface area contributed by atoms with Crippen LogP contribution in [0, 0.1) is 13.8 Å². The first-order valence-corrected chi connectivity index (χ1v) is 12.2. The summed E-state index contributed by atoms with van der Waals surface area (Å²) in [5, 5.41) is 3.42. The van der Waals surface area contributed by atoms with Crippen molar-refractivity contribution >= 4 is 33.2 Å². The lowest BCUT2D eigenvalue weighted by Crippen LogP contribution is -2.42. The quantitative estimate of drug-likeness (QED) is 0.478. The molecule has 0 heterocycles. The fraction of sp³-hybridized carbons (Fsp3) is 0.240. The summed E-state index contributed by atoms with van der Waals surface area (Å²) in [7, 11) is -3.98. The molecule has 1 amide bonds. The summed E-state index contributed by atoms with van der Waals surface area (Å²) in [6.45, 7) is 5.52. The summed E-state index contributed by atoms with van der Waals surface area (Å²) in [6, 6.07) is 20.8. The van der Waals surface area contributed by atoms with Gasteiger partial charge in [0.1, 0.15) is 6.54 Å². The highest BCUT2D eigenvalue weighted by Crippen LogP contribution is 2.26. The third kappa shape index (κ3) is 5.69. The molecule has 0 spiro atoms. The predicted octanol–water partition coefficient (Wildman–Crippen LogP) is 5.42. The number of amides is 1. The maximum absolute atomic E-state index is 13.5. The zero-order valence-corrected chi connectivity index (χ0v) is 20.0. The van der Waals surface area contributed by atoms with Crippen molar-refractivity contribution in [2.45, 2.75) is 38.1 Å². The van der Waals surface area contributed by atoms with Crippen molar-refractivity contribution in [1.29, 1.82) is 0 Å². The van der Waals surface area contributed by atoms with Crippen LogP contribution in [-0.4, -0.2) is 20.9 Å². The van der Waals surface area contributed by atoms with E-state index in [0.29, 0.717) is 17.1 Å². The Labute approximate surface area is 195 Å². The van der Waals surface area contributed by atoms with Gasteiger partial charge < -0.3 is 5.32 Å². The van der Waals surface area contributed by atoms with Crippen molar-refractivity contribution in [2.24, 2.45) is 0 Å². The van der Waals surface area contributed by atoms with Crippen LogP contribution >= 0.6 is 11.6 Å². The van der Waals surface area contributed by atoms with Gasteiger partial charge in [-0.25, -0.2) is 8.42 Å². The molecule has 0 aliphatic carbocycles. The second-order valence-electron chi connectivity index (χ2n) is 7.74. The monoisotopic (exact) mass is 470 g/mol. The van der Waals surface area contributed by atoms with Gasteiger partial charge in [0.25, 0.3) is 10.0 Å². The summed E-state index contributed by atoms with van der Waals surface area (Å²) in [4.78, 5) is 13.1. The van der Waals surface area contributed by atoms with Gasteiger partial charge in [0, 0.05) is 5.02 Å². The number of benzene rings is 3. The van der Waals surface area contributed by atoms with E-state index in [2.05, 4.69) is 5.32 Å². The Hall–Kier alpha value is -2.83. The number of nitrogens with zero attached hydrogens (tertiary/aromatic N) is 1. The van der Waals surface area contributed by atoms with E-state index in [9.17, 15) is 13.2 Å². The lowest BCUT2D eigenvalue weighted by atomic mass is 10.0. The minimum atomic E-state index is -3.98. The highest BCUT2D eigenvalue weighted by Gasteiger charge is 2.28. The number of hydrogen-bond donors (Lipinski definition) is 1. The first-order chi connectivity index (χ1) is 15.2. The number of sulfonamides is 1. The van der Waals surface area contributed by atoms with Crippen LogP contribution < -0.4 is 9.62 Å². The molecule has 5 nitrogen and oxygen atoms in total. The van der Waals surface area contributed by atoms with Gasteiger partial charge in [-0.05, 0) is 67.8 Å². The molecule has 3 aromatic carbocycles. The lowest BCUT2D eigenvalue weighted by Gasteiger charge is -2.26. The smallest absolute Gasteiger partial charge is 0.264 e. The largest absolute Gasteiger partial charge is 0.348 e. The van der Waals surface area contributed by atoms with Crippen LogP contribution in [0.15, 0.2) is 77.7 Å². The number of anilines is 1. The summed E-state index contributed by atoms with van der Waals surface area (Å²) >= 11 is 5.93. The lowest BCUT2D eigenvalue weighted by molar-refractivity contribution is -0.120. The zero-order valence-electron chi connectivity index (χ0n) is 18.4. The molecule has 0 aliphatic heterocycles. The molecule has 3 rings (SSSR count). The molecule has 0 bridgehead atoms. The molecule has 1 atom stereocenters. The van der Waals surface area contributed by atoms with Crippen LogP contribution in [0.5, 0.6) is 0 Å². The number of nitrogens with one attached hydrogen (secondary N) is 1. The van der Waals surface area contributed by atoms with Gasteiger partial charge in [-0.3, -0.25) is 9.10 Å². The number of halogens is 1. The Bertz CT molecular complexity index is 1180. The van der Waals surface area contributed by atoms with Gasteiger partial charge in [-0.2, -0.15) is 0 Å². The molecule has 0 radical (unpaired) electrons. The Morgan fingerprint density at radius 3 is 2.22 bits per heavy atom. The maximum atomic E-state index is 13.5. The van der Waals surface area contributed by atoms with Crippen LogP contribution in [0.3, 0.4) is 0 Å². The Morgan fingerprint density at radius 1 is 0.969 bits per heavy atom. The Morgan fingerprint density at radius 2 is 1.62 bits per heavy atom. The number of rotatable bonds is 8. The Balaban J connectivity index is 1.91. The van der Waals surface area contributed by atoms with Crippen molar-refractivity contribution in [1.82, 2.24) is 5.32 Å². The number of aryl methyl sites for hydroxylation is 2. The van der Waals surface area contributed by atoms with Crippen molar-refractivity contribution in [3.63, 3.8) is 0 Å². The van der Waals surface area contributed by atoms with E-state index in [1.807, 2.05) is 51.1 Å². The molecule has 0 fully saturated rings. The minimum absolute atomic E-state index is 0.0711. The van der Waals surface area contributed by atoms with E-state index in [-0.39, 0.29) is 23.4 Å². The average Bonchev–Trinajstić information content (AvgIpc) is 2.76. The van der Waals surface area contributed by atoms with E-state index in [1.54, 1.807) is 18.2 Å². The normalized spacial score (nSPS) is 12.2. The summed E-state index contributed by atoms with van der Waals surface area (Å²) < 4.78 is 28.1. The van der Waals surface area contributed by atoms with E-state index in [4.69, 9.17) is 11.6 Å². The van der Waals surface area contributed by atoms with Crippen LogP contribution in [0.4, 0.5) is 5.69 Å². The van der Waals surface area contributed by atoms with Gasteiger partial charge in [-0.1, -0.05) is 60.5 Å². The van der Waals surface area contributed by atoms with Crippen LogP contribution in [0.25, 0.3) is 0 Å². The van der Waals surface area contributed by atoms with Crippen molar-refractivity contribution in [2.75, 3.05) is 10.8 Å². The number of carbonyl (C=O) groups excluding carboxylic acids is 1. The molecule has 0 aliphatic rings. The molecular formula is C25H27ClN2O3S. The van der Waals surface area contributed by atoms with Gasteiger partial charge in [0.05, 0.1) is 16.6 Å². The van der Waals surface area contributed by atoms with Gasteiger partial charge >= 0.3 is 0 Å². The van der Waals surface area contributed by atoms with E-state index in [1.165, 1.54) is 24.3 Å². The highest BCUT2D eigenvalue weighted by atomic mass is 35.5. The Kier molecular flexibility index (Phi) is 7.59. The topological polar surface area (TPSA) is 66.5 Å². The molecule has 0 aromatic heterocycles. The fourth-order valence-corrected chi connectivity index (χ4v) is 4.96. The van der Waals surface area contributed by atoms with Crippen LogP contribution in [-0.2, 0) is 14.8 Å². The first-order valence-electron chi connectivity index (χ1n) is 10.4. The molecule has 3 aromatic rings. The summed E-state index contributed by atoms with van der Waals surface area (Å²) in [6.07, 6.45) is 0.684. The SMILES string of the molecule is CC[C@@H](NC(=O)CN(c1cccc(C)c1)S(=O)(=O)c1ccc(Cl)cc1)c1ccc(C)cc1. The first kappa shape index (κ1) is 23.8. The predicted molar refractivity (Wildman–Crippen MR) is 130 cm³/mol. The molecule has 0 saturated carbocycles. The molecule has 0 saturated heterocycles. The van der Waals surface area contributed by atoms with E-state index in [0.717, 1.165) is 21.0 Å². The second kappa shape index (κ2) is 10.2. The van der Waals surface area contributed by atoms with Crippen LogP contribution in [0.2, 0.25) is 5.02 Å². The van der Waals surface area contributed by atoms with Crippen molar-refractivity contribution in [3.8, 4) is 0 Å². The third-order valence-corrected chi connectivity index (χ3v) is 7.24. The van der Waals surface area contributed by atoms with E-state index >= 15 is 0 Å².